The predicted molar refractivity (Wildman–Crippen MR) is 70.5 cm³/mol. The van der Waals surface area contributed by atoms with Crippen molar-refractivity contribution in [2.24, 2.45) is 5.92 Å². The lowest BCUT2D eigenvalue weighted by Crippen LogP contribution is -2.39. The van der Waals surface area contributed by atoms with Crippen molar-refractivity contribution in [2.75, 3.05) is 13.1 Å². The van der Waals surface area contributed by atoms with E-state index in [1.54, 1.807) is 4.90 Å². The van der Waals surface area contributed by atoms with Gasteiger partial charge >= 0.3 is 0 Å². The van der Waals surface area contributed by atoms with Crippen LogP contribution in [0.2, 0.25) is 0 Å². The molecule has 0 spiro atoms. The monoisotopic (exact) mass is 254 g/mol. The number of nitrogens with zero attached hydrogens (tertiary/aromatic N) is 2. The van der Waals surface area contributed by atoms with Crippen molar-refractivity contribution in [3.05, 3.63) is 36.1 Å². The predicted octanol–water partition coefficient (Wildman–Crippen LogP) is 2.81. The Morgan fingerprint density at radius 1 is 1.42 bits per heavy atom. The molecule has 1 aliphatic rings. The van der Waals surface area contributed by atoms with E-state index >= 15 is 0 Å². The third-order valence-electron chi connectivity index (χ3n) is 3.60. The van der Waals surface area contributed by atoms with E-state index in [9.17, 15) is 4.79 Å². The zero-order valence-electron chi connectivity index (χ0n) is 10.5. The van der Waals surface area contributed by atoms with Gasteiger partial charge in [0.15, 0.2) is 0 Å². The molecule has 1 unspecified atom stereocenters. The van der Waals surface area contributed by atoms with Crippen LogP contribution in [0.15, 0.2) is 34.9 Å². The van der Waals surface area contributed by atoms with E-state index in [-0.39, 0.29) is 11.8 Å². The van der Waals surface area contributed by atoms with Gasteiger partial charge in [0, 0.05) is 18.5 Å². The number of rotatable bonds is 1. The van der Waals surface area contributed by atoms with E-state index in [1.165, 1.54) is 6.26 Å². The summed E-state index contributed by atoms with van der Waals surface area (Å²) in [5.41, 5.74) is 1.31. The number of para-hydroxylation sites is 1. The maximum Gasteiger partial charge on any atom is 0.257 e. The largest absolute Gasteiger partial charge is 0.463 e. The molecule has 2 aromatic rings. The second kappa shape index (κ2) is 4.77. The first-order valence-electron chi connectivity index (χ1n) is 6.44. The van der Waals surface area contributed by atoms with E-state index in [1.807, 2.05) is 24.3 Å². The van der Waals surface area contributed by atoms with Crippen LogP contribution in [0.25, 0.3) is 11.0 Å². The van der Waals surface area contributed by atoms with Gasteiger partial charge in [-0.1, -0.05) is 18.2 Å². The molecule has 4 nitrogen and oxygen atoms in total. The van der Waals surface area contributed by atoms with Crippen LogP contribution in [0.4, 0.5) is 0 Å². The van der Waals surface area contributed by atoms with Crippen LogP contribution in [-0.4, -0.2) is 23.9 Å². The number of carbonyl (C=O) groups excluding carboxylic acids is 1. The summed E-state index contributed by atoms with van der Waals surface area (Å²) < 4.78 is 5.40. The Morgan fingerprint density at radius 3 is 3.11 bits per heavy atom. The number of carbonyl (C=O) groups is 1. The van der Waals surface area contributed by atoms with Crippen LogP contribution >= 0.6 is 0 Å². The zero-order chi connectivity index (χ0) is 13.2. The van der Waals surface area contributed by atoms with Gasteiger partial charge in [0.05, 0.1) is 17.6 Å². The molecule has 1 saturated heterocycles. The minimum Gasteiger partial charge on any atom is -0.463 e. The molecule has 1 aromatic carbocycles. The number of nitriles is 1. The average Bonchev–Trinajstić information content (AvgIpc) is 2.90. The molecule has 0 N–H and O–H groups in total. The van der Waals surface area contributed by atoms with Crippen LogP contribution in [0, 0.1) is 17.2 Å². The van der Waals surface area contributed by atoms with Crippen molar-refractivity contribution in [3.8, 4) is 6.07 Å². The van der Waals surface area contributed by atoms with Gasteiger partial charge < -0.3 is 9.32 Å². The van der Waals surface area contributed by atoms with Gasteiger partial charge in [0.1, 0.15) is 11.8 Å². The normalized spacial score (nSPS) is 19.3. The van der Waals surface area contributed by atoms with E-state index in [0.29, 0.717) is 12.1 Å². The molecule has 1 aromatic heterocycles. The fraction of sp³-hybridized carbons (Fsp3) is 0.333. The topological polar surface area (TPSA) is 57.2 Å². The molecule has 0 aliphatic carbocycles. The molecule has 0 bridgehead atoms. The Balaban J connectivity index is 1.90. The van der Waals surface area contributed by atoms with E-state index in [4.69, 9.17) is 9.68 Å². The van der Waals surface area contributed by atoms with Crippen molar-refractivity contribution in [1.29, 1.82) is 5.26 Å². The Labute approximate surface area is 111 Å². The molecule has 1 amide bonds. The molecule has 1 fully saturated rings. The highest BCUT2D eigenvalue weighted by atomic mass is 16.3. The quantitative estimate of drug-likeness (QED) is 0.786. The van der Waals surface area contributed by atoms with Gasteiger partial charge in [0.2, 0.25) is 0 Å². The lowest BCUT2D eigenvalue weighted by Gasteiger charge is -2.29. The fourth-order valence-corrected chi connectivity index (χ4v) is 2.58. The summed E-state index contributed by atoms with van der Waals surface area (Å²) in [6.45, 7) is 1.24. The molecular formula is C15H14N2O2. The van der Waals surface area contributed by atoms with Crippen LogP contribution in [0.5, 0.6) is 0 Å². The number of likely N-dealkylation sites (tertiary alicyclic amines) is 1. The molecule has 2 heterocycles. The highest BCUT2D eigenvalue weighted by Crippen LogP contribution is 2.24. The number of furan rings is 1. The number of fused-ring (bicyclic) bond motifs is 1. The smallest absolute Gasteiger partial charge is 0.257 e. The van der Waals surface area contributed by atoms with Gasteiger partial charge in [-0.25, -0.2) is 0 Å². The number of hydrogen-bond donors (Lipinski definition) is 0. The fourth-order valence-electron chi connectivity index (χ4n) is 2.58. The van der Waals surface area contributed by atoms with E-state index < -0.39 is 0 Å². The summed E-state index contributed by atoms with van der Waals surface area (Å²) in [7, 11) is 0. The van der Waals surface area contributed by atoms with Gasteiger partial charge in [-0.2, -0.15) is 5.26 Å². The van der Waals surface area contributed by atoms with Crippen molar-refractivity contribution in [2.45, 2.75) is 12.8 Å². The molecule has 1 aliphatic heterocycles. The third-order valence-corrected chi connectivity index (χ3v) is 3.60. The number of benzene rings is 1. The lowest BCUT2D eigenvalue weighted by molar-refractivity contribution is 0.0700. The molecule has 96 valence electrons. The highest BCUT2D eigenvalue weighted by Gasteiger charge is 2.26. The van der Waals surface area contributed by atoms with E-state index in [0.717, 1.165) is 30.4 Å². The minimum atomic E-state index is -0.0455. The number of amides is 1. The summed E-state index contributed by atoms with van der Waals surface area (Å²) in [4.78, 5) is 14.3. The van der Waals surface area contributed by atoms with E-state index in [2.05, 4.69) is 6.07 Å². The molecule has 3 rings (SSSR count). The van der Waals surface area contributed by atoms with Crippen molar-refractivity contribution >= 4 is 16.9 Å². The first kappa shape index (κ1) is 11.8. The van der Waals surface area contributed by atoms with Crippen molar-refractivity contribution < 1.29 is 9.21 Å². The Kier molecular flexibility index (Phi) is 2.96. The van der Waals surface area contributed by atoms with Crippen LogP contribution in [-0.2, 0) is 0 Å². The summed E-state index contributed by atoms with van der Waals surface area (Å²) in [5, 5.41) is 9.83. The van der Waals surface area contributed by atoms with Gasteiger partial charge in [-0.05, 0) is 18.9 Å². The summed E-state index contributed by atoms with van der Waals surface area (Å²) in [6.07, 6.45) is 3.29. The summed E-state index contributed by atoms with van der Waals surface area (Å²) >= 11 is 0. The maximum absolute atomic E-state index is 12.5. The van der Waals surface area contributed by atoms with Crippen LogP contribution in [0.1, 0.15) is 23.2 Å². The van der Waals surface area contributed by atoms with Crippen molar-refractivity contribution in [1.82, 2.24) is 4.90 Å². The first-order valence-corrected chi connectivity index (χ1v) is 6.44. The average molecular weight is 254 g/mol. The van der Waals surface area contributed by atoms with Crippen molar-refractivity contribution in [3.63, 3.8) is 0 Å². The Morgan fingerprint density at radius 2 is 2.26 bits per heavy atom. The molecule has 1 atom stereocenters. The zero-order valence-corrected chi connectivity index (χ0v) is 10.5. The summed E-state index contributed by atoms with van der Waals surface area (Å²) in [5.74, 6) is -0.0826. The third kappa shape index (κ3) is 2.08. The molecule has 19 heavy (non-hydrogen) atoms. The SMILES string of the molecule is N#CC1CCCN(C(=O)c2coc3ccccc23)C1. The highest BCUT2D eigenvalue weighted by molar-refractivity contribution is 6.05. The molecular weight excluding hydrogens is 240 g/mol. The van der Waals surface area contributed by atoms with Crippen LogP contribution in [0.3, 0.4) is 0 Å². The first-order chi connectivity index (χ1) is 9.29. The Hall–Kier alpha value is -2.28. The lowest BCUT2D eigenvalue weighted by atomic mass is 9.99. The number of piperidine rings is 1. The second-order valence-electron chi connectivity index (χ2n) is 4.86. The van der Waals surface area contributed by atoms with Gasteiger partial charge in [-0.3, -0.25) is 4.79 Å². The van der Waals surface area contributed by atoms with Crippen LogP contribution < -0.4 is 0 Å². The standard InChI is InChI=1S/C15H14N2O2/c16-8-11-4-3-7-17(9-11)15(18)13-10-19-14-6-2-1-5-12(13)14/h1-2,5-6,10-11H,3-4,7,9H2. The Bertz CT molecular complexity index is 653. The number of hydrogen-bond acceptors (Lipinski definition) is 3. The second-order valence-corrected chi connectivity index (χ2v) is 4.86. The molecule has 4 heteroatoms. The summed E-state index contributed by atoms with van der Waals surface area (Å²) in [6, 6.07) is 9.76. The maximum atomic E-state index is 12.5. The minimum absolute atomic E-state index is 0.0371. The molecule has 0 saturated carbocycles. The van der Waals surface area contributed by atoms with Gasteiger partial charge in [-0.15, -0.1) is 0 Å². The molecule has 0 radical (unpaired) electrons. The van der Waals surface area contributed by atoms with Gasteiger partial charge in [0.25, 0.3) is 5.91 Å².